The number of amides is 2. The van der Waals surface area contributed by atoms with Gasteiger partial charge in [-0.3, -0.25) is 14.5 Å². The molecule has 7 heteroatoms. The molecule has 1 heterocycles. The van der Waals surface area contributed by atoms with Crippen LogP contribution in [0.5, 0.6) is 5.75 Å². The first-order chi connectivity index (χ1) is 15.4. The van der Waals surface area contributed by atoms with Crippen LogP contribution in [0.3, 0.4) is 0 Å². The van der Waals surface area contributed by atoms with Gasteiger partial charge in [-0.2, -0.15) is 0 Å². The molecule has 1 aliphatic rings. The molecule has 1 aliphatic heterocycles. The third-order valence-corrected chi connectivity index (χ3v) is 5.94. The van der Waals surface area contributed by atoms with Gasteiger partial charge in [-0.1, -0.05) is 47.9 Å². The first-order valence-electron chi connectivity index (χ1n) is 10.7. The van der Waals surface area contributed by atoms with Crippen molar-refractivity contribution < 1.29 is 14.3 Å². The van der Waals surface area contributed by atoms with E-state index in [0.717, 1.165) is 25.9 Å². The van der Waals surface area contributed by atoms with Crippen LogP contribution in [0, 0.1) is 12.3 Å². The van der Waals surface area contributed by atoms with E-state index in [1.165, 1.54) is 24.6 Å². The highest BCUT2D eigenvalue weighted by molar-refractivity contribution is 6.34. The van der Waals surface area contributed by atoms with E-state index >= 15 is 0 Å². The smallest absolute Gasteiger partial charge is 0.255 e. The molecule has 168 valence electrons. The Morgan fingerprint density at radius 3 is 2.56 bits per heavy atom. The summed E-state index contributed by atoms with van der Waals surface area (Å²) in [6.45, 7) is 5.37. The maximum atomic E-state index is 13.0. The van der Waals surface area contributed by atoms with Crippen molar-refractivity contribution in [2.24, 2.45) is 0 Å². The molecule has 2 amide bonds. The van der Waals surface area contributed by atoms with Gasteiger partial charge in [0, 0.05) is 38.2 Å². The van der Waals surface area contributed by atoms with E-state index in [4.69, 9.17) is 22.8 Å². The molecule has 0 aromatic heterocycles. The van der Waals surface area contributed by atoms with Gasteiger partial charge >= 0.3 is 0 Å². The van der Waals surface area contributed by atoms with Crippen molar-refractivity contribution in [2.45, 2.75) is 38.8 Å². The Morgan fingerprint density at radius 2 is 1.94 bits per heavy atom. The predicted molar refractivity (Wildman–Crippen MR) is 127 cm³/mol. The van der Waals surface area contributed by atoms with Gasteiger partial charge in [-0.25, -0.2) is 0 Å². The number of carbonyl (C=O) groups excluding carboxylic acids is 2. The number of nitrogens with zero attached hydrogens (tertiary/aromatic N) is 1. The van der Waals surface area contributed by atoms with Gasteiger partial charge in [0.25, 0.3) is 5.91 Å². The predicted octanol–water partition coefficient (Wildman–Crippen LogP) is 4.27. The highest BCUT2D eigenvalue weighted by atomic mass is 35.5. The van der Waals surface area contributed by atoms with Gasteiger partial charge in [-0.15, -0.1) is 6.42 Å². The summed E-state index contributed by atoms with van der Waals surface area (Å²) in [6.07, 6.45) is 7.00. The number of anilines is 1. The normalized spacial score (nSPS) is 15.4. The number of carbonyl (C=O) groups is 2. The van der Waals surface area contributed by atoms with E-state index in [9.17, 15) is 9.59 Å². The SMILES string of the molecule is C#CCOc1cc(NC(C)=O)c(Cl)cc1C(=O)NC1CCN(C(C)c2ccccc2)CC1. The van der Waals surface area contributed by atoms with E-state index in [2.05, 4.69) is 52.6 Å². The van der Waals surface area contributed by atoms with Crippen LogP contribution in [0.1, 0.15) is 48.7 Å². The molecule has 0 bridgehead atoms. The lowest BCUT2D eigenvalue weighted by atomic mass is 9.99. The van der Waals surface area contributed by atoms with Crippen molar-refractivity contribution in [3.8, 4) is 18.1 Å². The third-order valence-electron chi connectivity index (χ3n) is 5.63. The number of hydrogen-bond acceptors (Lipinski definition) is 4. The molecule has 0 spiro atoms. The summed E-state index contributed by atoms with van der Waals surface area (Å²) in [5, 5.41) is 5.98. The zero-order valence-corrected chi connectivity index (χ0v) is 19.1. The summed E-state index contributed by atoms with van der Waals surface area (Å²) in [5.74, 6) is 2.12. The highest BCUT2D eigenvalue weighted by Crippen LogP contribution is 2.32. The van der Waals surface area contributed by atoms with Crippen molar-refractivity contribution in [3.63, 3.8) is 0 Å². The van der Waals surface area contributed by atoms with E-state index in [1.807, 2.05) is 6.07 Å². The molecule has 2 aromatic carbocycles. The van der Waals surface area contributed by atoms with E-state index in [-0.39, 0.29) is 35.2 Å². The van der Waals surface area contributed by atoms with E-state index < -0.39 is 0 Å². The Bertz CT molecular complexity index is 995. The number of halogens is 1. The lowest BCUT2D eigenvalue weighted by molar-refractivity contribution is -0.114. The molecular formula is C25H28ClN3O3. The average molecular weight is 454 g/mol. The Morgan fingerprint density at radius 1 is 1.25 bits per heavy atom. The lowest BCUT2D eigenvalue weighted by Gasteiger charge is -2.36. The molecule has 2 N–H and O–H groups in total. The Balaban J connectivity index is 1.66. The molecule has 3 rings (SSSR count). The average Bonchev–Trinajstić information content (AvgIpc) is 2.79. The van der Waals surface area contributed by atoms with Crippen molar-refractivity contribution in [3.05, 3.63) is 58.6 Å². The zero-order valence-electron chi connectivity index (χ0n) is 18.4. The van der Waals surface area contributed by atoms with Crippen LogP contribution < -0.4 is 15.4 Å². The van der Waals surface area contributed by atoms with Crippen LogP contribution >= 0.6 is 11.6 Å². The van der Waals surface area contributed by atoms with Gasteiger partial charge in [0.2, 0.25) is 5.91 Å². The number of terminal acetylenes is 1. The van der Waals surface area contributed by atoms with Crippen molar-refractivity contribution >= 4 is 29.1 Å². The minimum Gasteiger partial charge on any atom is -0.480 e. The summed E-state index contributed by atoms with van der Waals surface area (Å²) < 4.78 is 5.56. The number of likely N-dealkylation sites (tertiary alicyclic amines) is 1. The summed E-state index contributed by atoms with van der Waals surface area (Å²) in [5.41, 5.74) is 1.95. The second-order valence-corrected chi connectivity index (χ2v) is 8.28. The van der Waals surface area contributed by atoms with Gasteiger partial charge in [0.05, 0.1) is 16.3 Å². The summed E-state index contributed by atoms with van der Waals surface area (Å²) in [6, 6.07) is 13.8. The molecule has 1 atom stereocenters. The van der Waals surface area contributed by atoms with Gasteiger partial charge in [-0.05, 0) is 31.4 Å². The minimum atomic E-state index is -0.275. The van der Waals surface area contributed by atoms with Crippen molar-refractivity contribution in [2.75, 3.05) is 25.0 Å². The molecule has 2 aromatic rings. The number of hydrogen-bond donors (Lipinski definition) is 2. The van der Waals surface area contributed by atoms with Crippen LogP contribution in [0.2, 0.25) is 5.02 Å². The van der Waals surface area contributed by atoms with Gasteiger partial charge in [0.1, 0.15) is 12.4 Å². The molecule has 0 radical (unpaired) electrons. The Labute approximate surface area is 194 Å². The van der Waals surface area contributed by atoms with Gasteiger partial charge < -0.3 is 15.4 Å². The van der Waals surface area contributed by atoms with E-state index in [0.29, 0.717) is 17.3 Å². The topological polar surface area (TPSA) is 70.7 Å². The minimum absolute atomic E-state index is 0.00279. The molecule has 6 nitrogen and oxygen atoms in total. The van der Waals surface area contributed by atoms with Crippen LogP contribution in [-0.2, 0) is 4.79 Å². The van der Waals surface area contributed by atoms with Crippen LogP contribution in [0.25, 0.3) is 0 Å². The Hall–Kier alpha value is -3.01. The molecular weight excluding hydrogens is 426 g/mol. The number of rotatable bonds is 7. The van der Waals surface area contributed by atoms with Crippen molar-refractivity contribution in [1.82, 2.24) is 10.2 Å². The van der Waals surface area contributed by atoms with Crippen LogP contribution in [0.4, 0.5) is 5.69 Å². The second-order valence-electron chi connectivity index (χ2n) is 7.87. The fourth-order valence-corrected chi connectivity index (χ4v) is 4.10. The quantitative estimate of drug-likeness (QED) is 0.614. The van der Waals surface area contributed by atoms with E-state index in [1.54, 1.807) is 0 Å². The molecule has 1 fully saturated rings. The first-order valence-corrected chi connectivity index (χ1v) is 11.0. The number of nitrogens with one attached hydrogen (secondary N) is 2. The standard InChI is InChI=1S/C25H28ClN3O3/c1-4-14-32-24-16-23(27-18(3)30)22(26)15-21(24)25(31)28-20-10-12-29(13-11-20)17(2)19-8-6-5-7-9-19/h1,5-9,15-17,20H,10-14H2,2-3H3,(H,27,30)(H,28,31). The monoisotopic (exact) mass is 453 g/mol. The molecule has 1 unspecified atom stereocenters. The molecule has 32 heavy (non-hydrogen) atoms. The number of ether oxygens (including phenoxy) is 1. The maximum absolute atomic E-state index is 13.0. The van der Waals surface area contributed by atoms with Crippen LogP contribution in [0.15, 0.2) is 42.5 Å². The maximum Gasteiger partial charge on any atom is 0.255 e. The fourth-order valence-electron chi connectivity index (χ4n) is 3.89. The zero-order chi connectivity index (χ0) is 23.1. The Kier molecular flexibility index (Phi) is 8.15. The fraction of sp³-hybridized carbons (Fsp3) is 0.360. The number of benzene rings is 2. The van der Waals surface area contributed by atoms with Crippen molar-refractivity contribution in [1.29, 1.82) is 0 Å². The first kappa shape index (κ1) is 23.6. The van der Waals surface area contributed by atoms with Crippen LogP contribution in [-0.4, -0.2) is 42.5 Å². The summed E-state index contributed by atoms with van der Waals surface area (Å²) in [7, 11) is 0. The van der Waals surface area contributed by atoms with Gasteiger partial charge in [0.15, 0.2) is 0 Å². The number of piperidine rings is 1. The summed E-state index contributed by atoms with van der Waals surface area (Å²) in [4.78, 5) is 26.9. The molecule has 1 saturated heterocycles. The molecule has 0 saturated carbocycles. The lowest BCUT2D eigenvalue weighted by Crippen LogP contribution is -2.45. The highest BCUT2D eigenvalue weighted by Gasteiger charge is 2.26. The third kappa shape index (κ3) is 6.03. The molecule has 0 aliphatic carbocycles. The summed E-state index contributed by atoms with van der Waals surface area (Å²) >= 11 is 6.28. The second kappa shape index (κ2) is 11.0. The largest absolute Gasteiger partial charge is 0.480 e.